The maximum absolute atomic E-state index is 12.9. The van der Waals surface area contributed by atoms with E-state index in [9.17, 15) is 14.4 Å². The van der Waals surface area contributed by atoms with Gasteiger partial charge in [0.25, 0.3) is 5.91 Å². The summed E-state index contributed by atoms with van der Waals surface area (Å²) in [4.78, 5) is 44.4. The van der Waals surface area contributed by atoms with Crippen LogP contribution in [0.1, 0.15) is 53.4 Å². The van der Waals surface area contributed by atoms with Gasteiger partial charge >= 0.3 is 0 Å². The molecule has 0 bridgehead atoms. The number of hydrogen-bond donors (Lipinski definition) is 1. The van der Waals surface area contributed by atoms with Crippen LogP contribution in [0.25, 0.3) is 0 Å². The van der Waals surface area contributed by atoms with E-state index >= 15 is 0 Å². The summed E-state index contributed by atoms with van der Waals surface area (Å²) in [5, 5.41) is 3.51. The van der Waals surface area contributed by atoms with Gasteiger partial charge in [-0.05, 0) is 37.8 Å². The Hall–Kier alpha value is -1.93. The van der Waals surface area contributed by atoms with Crippen molar-refractivity contribution in [2.75, 3.05) is 38.5 Å². The lowest BCUT2D eigenvalue weighted by Crippen LogP contribution is -2.47. The van der Waals surface area contributed by atoms with Gasteiger partial charge in [-0.15, -0.1) is 11.3 Å². The molecule has 4 rings (SSSR count). The van der Waals surface area contributed by atoms with E-state index in [1.165, 1.54) is 35.5 Å². The van der Waals surface area contributed by atoms with Gasteiger partial charge in [-0.25, -0.2) is 0 Å². The van der Waals surface area contributed by atoms with Crippen LogP contribution in [0, 0.1) is 0 Å². The van der Waals surface area contributed by atoms with Crippen LogP contribution < -0.4 is 5.32 Å². The lowest BCUT2D eigenvalue weighted by molar-refractivity contribution is -0.134. The number of carbonyl (C=O) groups is 3. The predicted octanol–water partition coefficient (Wildman–Crippen LogP) is 1.92. The summed E-state index contributed by atoms with van der Waals surface area (Å²) in [5.74, 6) is -0.108. The van der Waals surface area contributed by atoms with Crippen molar-refractivity contribution in [2.24, 2.45) is 0 Å². The molecule has 1 aromatic rings. The van der Waals surface area contributed by atoms with E-state index in [1.54, 1.807) is 7.05 Å². The number of likely N-dealkylation sites (tertiary alicyclic amines) is 1. The summed E-state index contributed by atoms with van der Waals surface area (Å²) in [7, 11) is 1.66. The average Bonchev–Trinajstić information content (AvgIpc) is 2.99. The normalized spacial score (nSPS) is 23.1. The van der Waals surface area contributed by atoms with Gasteiger partial charge in [0.15, 0.2) is 0 Å². The molecule has 1 N–H and O–H groups in total. The minimum atomic E-state index is -0.170. The smallest absolute Gasteiger partial charge is 0.257 e. The molecule has 0 radical (unpaired) electrons. The third kappa shape index (κ3) is 3.55. The van der Waals surface area contributed by atoms with Crippen LogP contribution >= 0.6 is 11.3 Å². The first-order valence-electron chi connectivity index (χ1n) is 10.2. The summed E-state index contributed by atoms with van der Waals surface area (Å²) in [6.45, 7) is 4.92. The van der Waals surface area contributed by atoms with Crippen molar-refractivity contribution < 1.29 is 14.4 Å². The van der Waals surface area contributed by atoms with Crippen molar-refractivity contribution in [1.82, 2.24) is 14.7 Å². The monoisotopic (exact) mass is 404 g/mol. The molecule has 4 heterocycles. The summed E-state index contributed by atoms with van der Waals surface area (Å²) in [5.41, 5.74) is 1.63. The lowest BCUT2D eigenvalue weighted by atomic mass is 9.99. The molecule has 152 valence electrons. The predicted molar refractivity (Wildman–Crippen MR) is 109 cm³/mol. The molecule has 8 heteroatoms. The van der Waals surface area contributed by atoms with Crippen LogP contribution in [-0.4, -0.2) is 71.7 Å². The Morgan fingerprint density at radius 2 is 2.04 bits per heavy atom. The molecule has 1 fully saturated rings. The number of nitrogens with one attached hydrogen (secondary N) is 1. The van der Waals surface area contributed by atoms with E-state index in [4.69, 9.17) is 0 Å². The van der Waals surface area contributed by atoms with Crippen LogP contribution in [0.5, 0.6) is 0 Å². The van der Waals surface area contributed by atoms with Crippen molar-refractivity contribution in [3.8, 4) is 0 Å². The highest BCUT2D eigenvalue weighted by Gasteiger charge is 2.34. The van der Waals surface area contributed by atoms with Gasteiger partial charge < -0.3 is 15.1 Å². The van der Waals surface area contributed by atoms with E-state index < -0.39 is 0 Å². The SMILES string of the molecule is CCC1CCCCN1CC(=O)N1CCc2c(sc3c2C(=O)N(C)CC(=O)N3)C1. The van der Waals surface area contributed by atoms with Gasteiger partial charge in [-0.3, -0.25) is 19.3 Å². The topological polar surface area (TPSA) is 73.0 Å². The Bertz CT molecular complexity index is 806. The highest BCUT2D eigenvalue weighted by Crippen LogP contribution is 2.38. The number of likely N-dealkylation sites (N-methyl/N-ethyl adjacent to an activating group) is 1. The van der Waals surface area contributed by atoms with E-state index in [1.807, 2.05) is 4.90 Å². The molecule has 0 aromatic carbocycles. The lowest BCUT2D eigenvalue weighted by Gasteiger charge is -2.36. The molecule has 1 aromatic heterocycles. The van der Waals surface area contributed by atoms with Gasteiger partial charge in [0.2, 0.25) is 11.8 Å². The first kappa shape index (κ1) is 19.4. The first-order chi connectivity index (χ1) is 13.5. The molecule has 1 atom stereocenters. The summed E-state index contributed by atoms with van der Waals surface area (Å²) >= 11 is 1.45. The molecular weight excluding hydrogens is 376 g/mol. The number of rotatable bonds is 3. The van der Waals surface area contributed by atoms with Crippen molar-refractivity contribution in [3.05, 3.63) is 16.0 Å². The number of piperidine rings is 1. The Labute approximate surface area is 169 Å². The van der Waals surface area contributed by atoms with Crippen LogP contribution in [0.3, 0.4) is 0 Å². The molecule has 1 unspecified atom stereocenters. The molecule has 28 heavy (non-hydrogen) atoms. The minimum Gasteiger partial charge on any atom is -0.336 e. The fourth-order valence-corrected chi connectivity index (χ4v) is 5.85. The van der Waals surface area contributed by atoms with Crippen molar-refractivity contribution in [1.29, 1.82) is 0 Å². The number of hydrogen-bond acceptors (Lipinski definition) is 5. The second-order valence-electron chi connectivity index (χ2n) is 8.01. The molecule has 0 spiro atoms. The standard InChI is InChI=1S/C20H28N4O3S/c1-3-13-6-4-5-8-23(13)12-17(26)24-9-7-14-15(10-24)28-19-18(14)20(27)22(2)11-16(25)21-19/h13H,3-12H2,1-2H3,(H,21,25). The van der Waals surface area contributed by atoms with E-state index in [0.29, 0.717) is 42.7 Å². The molecule has 3 aliphatic rings. The second-order valence-corrected chi connectivity index (χ2v) is 9.12. The molecule has 0 aliphatic carbocycles. The third-order valence-electron chi connectivity index (χ3n) is 6.16. The molecule has 3 aliphatic heterocycles. The van der Waals surface area contributed by atoms with Gasteiger partial charge in [-0.1, -0.05) is 13.3 Å². The van der Waals surface area contributed by atoms with Crippen LogP contribution in [0.4, 0.5) is 5.00 Å². The molecule has 1 saturated heterocycles. The number of carbonyl (C=O) groups excluding carboxylic acids is 3. The maximum Gasteiger partial charge on any atom is 0.257 e. The number of fused-ring (bicyclic) bond motifs is 3. The zero-order valence-electron chi connectivity index (χ0n) is 16.6. The zero-order chi connectivity index (χ0) is 19.8. The molecule has 3 amide bonds. The van der Waals surface area contributed by atoms with Crippen molar-refractivity contribution >= 4 is 34.1 Å². The Morgan fingerprint density at radius 1 is 1.21 bits per heavy atom. The van der Waals surface area contributed by atoms with E-state index in [-0.39, 0.29) is 24.3 Å². The third-order valence-corrected chi connectivity index (χ3v) is 7.29. The number of thiophene rings is 1. The number of amides is 3. The van der Waals surface area contributed by atoms with Crippen LogP contribution in [0.15, 0.2) is 0 Å². The van der Waals surface area contributed by atoms with Gasteiger partial charge in [0.05, 0.1) is 25.2 Å². The fourth-order valence-electron chi connectivity index (χ4n) is 4.58. The van der Waals surface area contributed by atoms with Gasteiger partial charge in [0.1, 0.15) is 5.00 Å². The van der Waals surface area contributed by atoms with Gasteiger partial charge in [-0.2, -0.15) is 0 Å². The van der Waals surface area contributed by atoms with Crippen LogP contribution in [-0.2, 0) is 22.6 Å². The summed E-state index contributed by atoms with van der Waals surface area (Å²) < 4.78 is 0. The summed E-state index contributed by atoms with van der Waals surface area (Å²) in [6.07, 6.45) is 5.36. The minimum absolute atomic E-state index is 0.0774. The molecular formula is C20H28N4O3S. The van der Waals surface area contributed by atoms with Crippen LogP contribution in [0.2, 0.25) is 0 Å². The highest BCUT2D eigenvalue weighted by molar-refractivity contribution is 7.17. The highest BCUT2D eigenvalue weighted by atomic mass is 32.1. The fraction of sp³-hybridized carbons (Fsp3) is 0.650. The largest absolute Gasteiger partial charge is 0.336 e. The number of nitrogens with zero attached hydrogens (tertiary/aromatic N) is 3. The van der Waals surface area contributed by atoms with E-state index in [2.05, 4.69) is 17.1 Å². The number of anilines is 1. The van der Waals surface area contributed by atoms with Crippen molar-refractivity contribution in [3.63, 3.8) is 0 Å². The quantitative estimate of drug-likeness (QED) is 0.835. The Morgan fingerprint density at radius 3 is 2.82 bits per heavy atom. The van der Waals surface area contributed by atoms with Gasteiger partial charge in [0, 0.05) is 24.5 Å². The first-order valence-corrected chi connectivity index (χ1v) is 11.0. The molecule has 7 nitrogen and oxygen atoms in total. The Kier molecular flexibility index (Phi) is 5.42. The average molecular weight is 405 g/mol. The maximum atomic E-state index is 12.9. The molecule has 0 saturated carbocycles. The summed E-state index contributed by atoms with van der Waals surface area (Å²) in [6, 6.07) is 0.513. The Balaban J connectivity index is 1.50. The zero-order valence-corrected chi connectivity index (χ0v) is 17.4. The second kappa shape index (κ2) is 7.83. The van der Waals surface area contributed by atoms with E-state index in [0.717, 1.165) is 23.4 Å². The van der Waals surface area contributed by atoms with Crippen molar-refractivity contribution in [2.45, 2.75) is 51.6 Å².